The number of halogens is 1. The van der Waals surface area contributed by atoms with Crippen LogP contribution in [0.4, 0.5) is 0 Å². The number of hydrogen-bond donors (Lipinski definition) is 1. The lowest BCUT2D eigenvalue weighted by atomic mass is 10.0. The zero-order valence-electron chi connectivity index (χ0n) is 8.90. The first-order chi connectivity index (χ1) is 7.77. The largest absolute Gasteiger partial charge is 0.324 e. The summed E-state index contributed by atoms with van der Waals surface area (Å²) < 4.78 is 1.14. The molecule has 0 spiro atoms. The van der Waals surface area contributed by atoms with Crippen LogP contribution < -0.4 is 5.73 Å². The minimum atomic E-state index is 0.126. The molecule has 0 aliphatic carbocycles. The van der Waals surface area contributed by atoms with Gasteiger partial charge in [0.25, 0.3) is 0 Å². The number of rotatable bonds is 4. The van der Waals surface area contributed by atoms with E-state index in [4.69, 9.17) is 5.73 Å². The van der Waals surface area contributed by atoms with Crippen molar-refractivity contribution in [3.63, 3.8) is 0 Å². The molecule has 1 unspecified atom stereocenters. The number of aryl methyl sites for hydroxylation is 1. The van der Waals surface area contributed by atoms with E-state index in [1.165, 1.54) is 11.1 Å². The van der Waals surface area contributed by atoms with Crippen molar-refractivity contribution in [2.75, 3.05) is 0 Å². The van der Waals surface area contributed by atoms with Crippen molar-refractivity contribution >= 4 is 27.3 Å². The highest BCUT2D eigenvalue weighted by atomic mass is 79.9. The molecular formula is C13H14BrNS. The normalized spacial score (nSPS) is 12.6. The molecule has 3 heteroatoms. The van der Waals surface area contributed by atoms with Gasteiger partial charge >= 0.3 is 0 Å². The molecule has 1 heterocycles. The summed E-state index contributed by atoms with van der Waals surface area (Å²) in [4.78, 5) is 0. The minimum Gasteiger partial charge on any atom is -0.324 e. The van der Waals surface area contributed by atoms with Crippen LogP contribution in [0.15, 0.2) is 45.6 Å². The van der Waals surface area contributed by atoms with Gasteiger partial charge in [0.1, 0.15) is 0 Å². The van der Waals surface area contributed by atoms with Crippen molar-refractivity contribution in [2.45, 2.75) is 18.9 Å². The van der Waals surface area contributed by atoms with Gasteiger partial charge in [-0.2, -0.15) is 11.3 Å². The van der Waals surface area contributed by atoms with Crippen LogP contribution in [0.3, 0.4) is 0 Å². The molecule has 0 aliphatic rings. The smallest absolute Gasteiger partial charge is 0.0330 e. The van der Waals surface area contributed by atoms with Crippen molar-refractivity contribution in [3.05, 3.63) is 56.7 Å². The first-order valence-electron chi connectivity index (χ1n) is 5.28. The van der Waals surface area contributed by atoms with E-state index in [1.54, 1.807) is 11.3 Å². The van der Waals surface area contributed by atoms with Crippen molar-refractivity contribution in [3.8, 4) is 0 Å². The van der Waals surface area contributed by atoms with Gasteiger partial charge in [-0.3, -0.25) is 0 Å². The lowest BCUT2D eigenvalue weighted by Crippen LogP contribution is -2.10. The fraction of sp³-hybridized carbons (Fsp3) is 0.231. The van der Waals surface area contributed by atoms with Crippen molar-refractivity contribution in [2.24, 2.45) is 5.73 Å². The molecule has 1 nitrogen and oxygen atoms in total. The Hall–Kier alpha value is -0.640. The number of thiophene rings is 1. The number of hydrogen-bond acceptors (Lipinski definition) is 2. The predicted octanol–water partition coefficient (Wildman–Crippen LogP) is 4.14. The van der Waals surface area contributed by atoms with Crippen LogP contribution in [-0.2, 0) is 6.42 Å². The second-order valence-corrected chi connectivity index (χ2v) is 5.40. The van der Waals surface area contributed by atoms with Gasteiger partial charge in [0, 0.05) is 15.9 Å². The average molecular weight is 296 g/mol. The Bertz CT molecular complexity index is 438. The molecule has 0 radical (unpaired) electrons. The predicted molar refractivity (Wildman–Crippen MR) is 73.7 cm³/mol. The van der Waals surface area contributed by atoms with Gasteiger partial charge in [0.05, 0.1) is 0 Å². The van der Waals surface area contributed by atoms with E-state index in [-0.39, 0.29) is 6.04 Å². The van der Waals surface area contributed by atoms with Crippen LogP contribution >= 0.6 is 27.3 Å². The van der Waals surface area contributed by atoms with Gasteiger partial charge in [-0.25, -0.2) is 0 Å². The van der Waals surface area contributed by atoms with Crippen LogP contribution in [0, 0.1) is 0 Å². The molecule has 0 saturated carbocycles. The molecular weight excluding hydrogens is 282 g/mol. The fourth-order valence-electron chi connectivity index (χ4n) is 1.68. The molecule has 2 N–H and O–H groups in total. The van der Waals surface area contributed by atoms with E-state index < -0.39 is 0 Å². The maximum absolute atomic E-state index is 6.16. The molecule has 0 aliphatic heterocycles. The second kappa shape index (κ2) is 5.62. The molecule has 1 aromatic heterocycles. The third kappa shape index (κ3) is 2.94. The van der Waals surface area contributed by atoms with Crippen LogP contribution in [-0.4, -0.2) is 0 Å². The van der Waals surface area contributed by atoms with Crippen LogP contribution in [0.5, 0.6) is 0 Å². The van der Waals surface area contributed by atoms with E-state index in [0.717, 1.165) is 17.3 Å². The zero-order chi connectivity index (χ0) is 11.4. The van der Waals surface area contributed by atoms with Gasteiger partial charge in [0.15, 0.2) is 0 Å². The Morgan fingerprint density at radius 2 is 1.94 bits per heavy atom. The highest BCUT2D eigenvalue weighted by molar-refractivity contribution is 9.10. The zero-order valence-corrected chi connectivity index (χ0v) is 11.3. The lowest BCUT2D eigenvalue weighted by molar-refractivity contribution is 0.651. The maximum Gasteiger partial charge on any atom is 0.0330 e. The summed E-state index contributed by atoms with van der Waals surface area (Å²) in [5, 5.41) is 4.21. The quantitative estimate of drug-likeness (QED) is 0.901. The molecule has 2 rings (SSSR count). The summed E-state index contributed by atoms with van der Waals surface area (Å²) in [6, 6.07) is 10.6. The Balaban J connectivity index is 1.94. The first kappa shape index (κ1) is 11.8. The number of benzene rings is 1. The Kier molecular flexibility index (Phi) is 4.16. The van der Waals surface area contributed by atoms with Crippen LogP contribution in [0.1, 0.15) is 23.6 Å². The summed E-state index contributed by atoms with van der Waals surface area (Å²) in [6.07, 6.45) is 2.02. The van der Waals surface area contributed by atoms with E-state index >= 15 is 0 Å². The first-order valence-corrected chi connectivity index (χ1v) is 7.02. The topological polar surface area (TPSA) is 26.0 Å². The summed E-state index contributed by atoms with van der Waals surface area (Å²) in [5.74, 6) is 0. The third-order valence-corrected chi connectivity index (χ3v) is 4.38. The molecule has 0 bridgehead atoms. The van der Waals surface area contributed by atoms with E-state index in [1.807, 2.05) is 6.07 Å². The summed E-state index contributed by atoms with van der Waals surface area (Å²) in [5.41, 5.74) is 8.74. The summed E-state index contributed by atoms with van der Waals surface area (Å²) in [6.45, 7) is 0. The maximum atomic E-state index is 6.16. The van der Waals surface area contributed by atoms with Gasteiger partial charge < -0.3 is 5.73 Å². The van der Waals surface area contributed by atoms with Gasteiger partial charge in [0.2, 0.25) is 0 Å². The molecule has 2 aromatic rings. The van der Waals surface area contributed by atoms with E-state index in [2.05, 4.69) is 51.0 Å². The minimum absolute atomic E-state index is 0.126. The molecule has 1 atom stereocenters. The van der Waals surface area contributed by atoms with Crippen molar-refractivity contribution in [1.29, 1.82) is 0 Å². The highest BCUT2D eigenvalue weighted by Crippen LogP contribution is 2.28. The molecule has 16 heavy (non-hydrogen) atoms. The summed E-state index contributed by atoms with van der Waals surface area (Å²) >= 11 is 5.21. The van der Waals surface area contributed by atoms with Crippen LogP contribution in [0.2, 0.25) is 0 Å². The van der Waals surface area contributed by atoms with Gasteiger partial charge in [-0.05, 0) is 45.3 Å². The third-order valence-electron chi connectivity index (χ3n) is 2.63. The fourth-order valence-corrected chi connectivity index (χ4v) is 3.33. The molecule has 84 valence electrons. The Labute approximate surface area is 108 Å². The molecule has 0 fully saturated rings. The molecule has 1 aromatic carbocycles. The van der Waals surface area contributed by atoms with Crippen molar-refractivity contribution in [1.82, 2.24) is 0 Å². The van der Waals surface area contributed by atoms with Gasteiger partial charge in [-0.1, -0.05) is 30.3 Å². The SMILES string of the molecule is NC(CCc1ccccc1)c1cscc1Br. The lowest BCUT2D eigenvalue weighted by Gasteiger charge is -2.10. The standard InChI is InChI=1S/C13H14BrNS/c14-12-9-16-8-11(12)13(15)7-6-10-4-2-1-3-5-10/h1-5,8-9,13H,6-7,15H2. The van der Waals surface area contributed by atoms with E-state index in [9.17, 15) is 0 Å². The van der Waals surface area contributed by atoms with E-state index in [0.29, 0.717) is 0 Å². The monoisotopic (exact) mass is 295 g/mol. The Morgan fingerprint density at radius 3 is 2.56 bits per heavy atom. The van der Waals surface area contributed by atoms with Crippen LogP contribution in [0.25, 0.3) is 0 Å². The molecule has 0 amide bonds. The second-order valence-electron chi connectivity index (χ2n) is 3.81. The Morgan fingerprint density at radius 1 is 1.19 bits per heavy atom. The van der Waals surface area contributed by atoms with Crippen molar-refractivity contribution < 1.29 is 0 Å². The average Bonchev–Trinajstić information content (AvgIpc) is 2.74. The van der Waals surface area contributed by atoms with Gasteiger partial charge in [-0.15, -0.1) is 0 Å². The number of nitrogens with two attached hydrogens (primary N) is 1. The summed E-state index contributed by atoms with van der Waals surface area (Å²) in [7, 11) is 0. The highest BCUT2D eigenvalue weighted by Gasteiger charge is 2.10. The molecule has 0 saturated heterocycles.